The summed E-state index contributed by atoms with van der Waals surface area (Å²) in [5.74, 6) is 2.16. The van der Waals surface area contributed by atoms with Crippen LogP contribution in [0.25, 0.3) is 11.4 Å². The summed E-state index contributed by atoms with van der Waals surface area (Å²) in [4.78, 5) is 19.1. The zero-order valence-corrected chi connectivity index (χ0v) is 18.8. The van der Waals surface area contributed by atoms with Crippen LogP contribution in [0.2, 0.25) is 0 Å². The first-order valence-electron chi connectivity index (χ1n) is 11.2. The highest BCUT2D eigenvalue weighted by Crippen LogP contribution is 2.34. The third kappa shape index (κ3) is 4.61. The Balaban J connectivity index is 1.47. The topological polar surface area (TPSA) is 77.7 Å². The molecule has 2 heterocycles. The number of carbonyl (C=O) groups is 1. The Hall–Kier alpha value is -3.35. The van der Waals surface area contributed by atoms with Gasteiger partial charge in [-0.05, 0) is 55.7 Å². The van der Waals surface area contributed by atoms with Crippen molar-refractivity contribution in [2.45, 2.75) is 45.4 Å². The molecule has 168 valence electrons. The van der Waals surface area contributed by atoms with Gasteiger partial charge in [0.1, 0.15) is 0 Å². The monoisotopic (exact) mass is 435 g/mol. The van der Waals surface area contributed by atoms with Crippen LogP contribution < -0.4 is 14.4 Å². The van der Waals surface area contributed by atoms with Crippen molar-refractivity contribution in [1.29, 1.82) is 0 Å². The van der Waals surface area contributed by atoms with Crippen molar-refractivity contribution < 1.29 is 18.8 Å². The normalized spacial score (nSPS) is 15.9. The molecule has 0 N–H and O–H groups in total. The Morgan fingerprint density at radius 2 is 1.94 bits per heavy atom. The largest absolute Gasteiger partial charge is 0.493 e. The Bertz CT molecular complexity index is 1060. The van der Waals surface area contributed by atoms with Crippen molar-refractivity contribution in [1.82, 2.24) is 10.1 Å². The van der Waals surface area contributed by atoms with E-state index < -0.39 is 0 Å². The molecule has 3 aromatic rings. The molecule has 32 heavy (non-hydrogen) atoms. The number of ether oxygens (including phenoxy) is 2. The standard InChI is InChI=1S/C25H29N3O4/c1-4-6-7-17-8-11-20(12-9-17)28-16-19(15-23(28)29)25-26-24(27-32-25)18-10-13-21(31-5-2)22(14-18)30-3/h8-14,19H,4-7,15-16H2,1-3H3. The van der Waals surface area contributed by atoms with Crippen LogP contribution in [0, 0.1) is 0 Å². The molecular weight excluding hydrogens is 406 g/mol. The average molecular weight is 436 g/mol. The van der Waals surface area contributed by atoms with E-state index in [0.29, 0.717) is 42.8 Å². The minimum absolute atomic E-state index is 0.0683. The molecule has 4 rings (SSSR count). The van der Waals surface area contributed by atoms with Crippen molar-refractivity contribution in [2.24, 2.45) is 0 Å². The second kappa shape index (κ2) is 9.85. The van der Waals surface area contributed by atoms with E-state index in [1.54, 1.807) is 12.0 Å². The van der Waals surface area contributed by atoms with Crippen LogP contribution in [-0.4, -0.2) is 36.3 Å². The highest BCUT2D eigenvalue weighted by Gasteiger charge is 2.35. The lowest BCUT2D eigenvalue weighted by Crippen LogP contribution is -2.24. The molecule has 0 saturated carbocycles. The molecule has 7 heteroatoms. The summed E-state index contributed by atoms with van der Waals surface area (Å²) < 4.78 is 16.5. The number of aromatic nitrogens is 2. The maximum atomic E-state index is 12.7. The number of anilines is 1. The lowest BCUT2D eigenvalue weighted by atomic mass is 10.1. The molecular formula is C25H29N3O4. The Morgan fingerprint density at radius 1 is 1.12 bits per heavy atom. The van der Waals surface area contributed by atoms with Crippen molar-refractivity contribution in [3.05, 3.63) is 53.9 Å². The molecule has 0 radical (unpaired) electrons. The highest BCUT2D eigenvalue weighted by atomic mass is 16.5. The number of unbranched alkanes of at least 4 members (excludes halogenated alkanes) is 1. The smallest absolute Gasteiger partial charge is 0.232 e. The zero-order chi connectivity index (χ0) is 22.5. The number of amides is 1. The molecule has 2 aromatic carbocycles. The Labute approximate surface area is 188 Å². The second-order valence-electron chi connectivity index (χ2n) is 7.93. The van der Waals surface area contributed by atoms with Gasteiger partial charge in [0, 0.05) is 24.2 Å². The quantitative estimate of drug-likeness (QED) is 0.470. The van der Waals surface area contributed by atoms with Gasteiger partial charge in [-0.3, -0.25) is 4.79 Å². The van der Waals surface area contributed by atoms with E-state index >= 15 is 0 Å². The number of aryl methyl sites for hydroxylation is 1. The number of methoxy groups -OCH3 is 1. The fourth-order valence-electron chi connectivity index (χ4n) is 3.95. The number of hydrogen-bond acceptors (Lipinski definition) is 6. The second-order valence-corrected chi connectivity index (χ2v) is 7.93. The summed E-state index contributed by atoms with van der Waals surface area (Å²) in [5.41, 5.74) is 2.98. The molecule has 0 aliphatic carbocycles. The van der Waals surface area contributed by atoms with Crippen LogP contribution in [0.4, 0.5) is 5.69 Å². The van der Waals surface area contributed by atoms with Gasteiger partial charge < -0.3 is 18.9 Å². The number of rotatable bonds is 9. The summed E-state index contributed by atoms with van der Waals surface area (Å²) >= 11 is 0. The van der Waals surface area contributed by atoms with Crippen molar-refractivity contribution in [3.63, 3.8) is 0 Å². The number of benzene rings is 2. The average Bonchev–Trinajstić information content (AvgIpc) is 3.45. The van der Waals surface area contributed by atoms with Crippen molar-refractivity contribution >= 4 is 11.6 Å². The van der Waals surface area contributed by atoms with Crippen LogP contribution >= 0.6 is 0 Å². The van der Waals surface area contributed by atoms with Crippen molar-refractivity contribution in [3.8, 4) is 22.9 Å². The number of nitrogens with zero attached hydrogens (tertiary/aromatic N) is 3. The first-order valence-corrected chi connectivity index (χ1v) is 11.2. The summed E-state index contributed by atoms with van der Waals surface area (Å²) in [6.07, 6.45) is 3.76. The van der Waals surface area contributed by atoms with Crippen LogP contribution in [0.5, 0.6) is 11.5 Å². The number of carbonyl (C=O) groups excluding carboxylic acids is 1. The predicted molar refractivity (Wildman–Crippen MR) is 122 cm³/mol. The molecule has 1 aliphatic heterocycles. The third-order valence-corrected chi connectivity index (χ3v) is 5.70. The fourth-order valence-corrected chi connectivity index (χ4v) is 3.95. The molecule has 1 fully saturated rings. The first-order chi connectivity index (χ1) is 15.6. The van der Waals surface area contributed by atoms with Crippen LogP contribution in [0.1, 0.15) is 50.5 Å². The van der Waals surface area contributed by atoms with E-state index in [2.05, 4.69) is 29.2 Å². The lowest BCUT2D eigenvalue weighted by molar-refractivity contribution is -0.117. The maximum absolute atomic E-state index is 12.7. The van der Waals surface area contributed by atoms with Gasteiger partial charge in [-0.2, -0.15) is 4.98 Å². The summed E-state index contributed by atoms with van der Waals surface area (Å²) in [7, 11) is 1.60. The Kier molecular flexibility index (Phi) is 6.73. The van der Waals surface area contributed by atoms with E-state index in [9.17, 15) is 4.79 Å². The van der Waals surface area contributed by atoms with Crippen LogP contribution in [-0.2, 0) is 11.2 Å². The van der Waals surface area contributed by atoms with Gasteiger partial charge in [0.2, 0.25) is 17.6 Å². The summed E-state index contributed by atoms with van der Waals surface area (Å²) in [6.45, 7) is 5.19. The van der Waals surface area contributed by atoms with E-state index in [1.165, 1.54) is 18.4 Å². The van der Waals surface area contributed by atoms with Gasteiger partial charge in [0.05, 0.1) is 19.6 Å². The Morgan fingerprint density at radius 3 is 2.66 bits per heavy atom. The summed E-state index contributed by atoms with van der Waals surface area (Å²) in [5, 5.41) is 4.13. The van der Waals surface area contributed by atoms with Gasteiger partial charge in [-0.25, -0.2) is 0 Å². The van der Waals surface area contributed by atoms with E-state index in [4.69, 9.17) is 14.0 Å². The predicted octanol–water partition coefficient (Wildman–Crippen LogP) is 5.01. The van der Waals surface area contributed by atoms with Crippen LogP contribution in [0.3, 0.4) is 0 Å². The summed E-state index contributed by atoms with van der Waals surface area (Å²) in [6, 6.07) is 13.8. The molecule has 1 unspecified atom stereocenters. The highest BCUT2D eigenvalue weighted by molar-refractivity contribution is 5.96. The van der Waals surface area contributed by atoms with Crippen molar-refractivity contribution in [2.75, 3.05) is 25.2 Å². The first kappa shape index (κ1) is 21.9. The molecule has 7 nitrogen and oxygen atoms in total. The molecule has 1 aliphatic rings. The number of hydrogen-bond donors (Lipinski definition) is 0. The van der Waals surface area contributed by atoms with Gasteiger partial charge in [-0.15, -0.1) is 0 Å². The van der Waals surface area contributed by atoms with Crippen LogP contribution in [0.15, 0.2) is 47.0 Å². The molecule has 1 aromatic heterocycles. The van der Waals surface area contributed by atoms with E-state index in [1.807, 2.05) is 37.3 Å². The minimum atomic E-state index is -0.131. The van der Waals surface area contributed by atoms with E-state index in [0.717, 1.165) is 17.7 Å². The molecule has 1 saturated heterocycles. The fraction of sp³-hybridized carbons (Fsp3) is 0.400. The molecule has 0 spiro atoms. The van der Waals surface area contributed by atoms with E-state index in [-0.39, 0.29) is 11.8 Å². The zero-order valence-electron chi connectivity index (χ0n) is 18.8. The van der Waals surface area contributed by atoms with Gasteiger partial charge in [0.15, 0.2) is 11.5 Å². The SMILES string of the molecule is CCCCc1ccc(N2CC(c3nc(-c4ccc(OCC)c(OC)c4)no3)CC2=O)cc1. The van der Waals surface area contributed by atoms with Gasteiger partial charge >= 0.3 is 0 Å². The molecule has 1 atom stereocenters. The molecule has 0 bridgehead atoms. The van der Waals surface area contributed by atoms with Gasteiger partial charge in [0.25, 0.3) is 0 Å². The van der Waals surface area contributed by atoms with Gasteiger partial charge in [-0.1, -0.05) is 30.6 Å². The minimum Gasteiger partial charge on any atom is -0.493 e. The molecule has 1 amide bonds. The third-order valence-electron chi connectivity index (χ3n) is 5.70. The maximum Gasteiger partial charge on any atom is 0.232 e. The lowest BCUT2D eigenvalue weighted by Gasteiger charge is -2.16.